The van der Waals surface area contributed by atoms with E-state index in [0.29, 0.717) is 6.61 Å². The summed E-state index contributed by atoms with van der Waals surface area (Å²) in [6.45, 7) is 8.74. The van der Waals surface area contributed by atoms with Crippen LogP contribution in [0.3, 0.4) is 0 Å². The van der Waals surface area contributed by atoms with Crippen LogP contribution in [-0.4, -0.2) is 16.6 Å². The molecular formula is C16H21N3O. The third kappa shape index (κ3) is 3.26. The first-order chi connectivity index (χ1) is 9.61. The Morgan fingerprint density at radius 3 is 2.65 bits per heavy atom. The molecule has 1 aromatic carbocycles. The van der Waals surface area contributed by atoms with Gasteiger partial charge in [-0.2, -0.15) is 0 Å². The number of hydrogen-bond acceptors (Lipinski definition) is 4. The summed E-state index contributed by atoms with van der Waals surface area (Å²) >= 11 is 0. The van der Waals surface area contributed by atoms with Gasteiger partial charge in [0.05, 0.1) is 29.7 Å². The number of benzene rings is 1. The van der Waals surface area contributed by atoms with Crippen LogP contribution < -0.4 is 10.1 Å². The van der Waals surface area contributed by atoms with Crippen LogP contribution in [0.5, 0.6) is 5.75 Å². The van der Waals surface area contributed by atoms with Crippen molar-refractivity contribution in [3.8, 4) is 5.75 Å². The summed E-state index contributed by atoms with van der Waals surface area (Å²) in [4.78, 5) is 8.68. The standard InChI is InChI=1S/C16H21N3O/c1-5-20-15-10-11(2)6-7-14(15)19-13(4)16-12(3)17-8-9-18-16/h6-10,13,19H,5H2,1-4H3. The molecule has 0 saturated heterocycles. The van der Waals surface area contributed by atoms with Crippen molar-refractivity contribution < 1.29 is 4.74 Å². The highest BCUT2D eigenvalue weighted by Crippen LogP contribution is 2.29. The summed E-state index contributed by atoms with van der Waals surface area (Å²) in [6, 6.07) is 6.23. The zero-order chi connectivity index (χ0) is 14.5. The highest BCUT2D eigenvalue weighted by molar-refractivity contribution is 5.58. The highest BCUT2D eigenvalue weighted by atomic mass is 16.5. The van der Waals surface area contributed by atoms with E-state index in [1.54, 1.807) is 12.4 Å². The van der Waals surface area contributed by atoms with Gasteiger partial charge in [0.2, 0.25) is 0 Å². The molecule has 0 aliphatic carbocycles. The fourth-order valence-corrected chi connectivity index (χ4v) is 2.17. The first-order valence-electron chi connectivity index (χ1n) is 6.89. The second-order valence-corrected chi connectivity index (χ2v) is 4.83. The van der Waals surface area contributed by atoms with E-state index in [-0.39, 0.29) is 6.04 Å². The van der Waals surface area contributed by atoms with Crippen LogP contribution in [0.1, 0.15) is 36.8 Å². The van der Waals surface area contributed by atoms with Gasteiger partial charge < -0.3 is 10.1 Å². The van der Waals surface area contributed by atoms with Gasteiger partial charge in [0.15, 0.2) is 0 Å². The van der Waals surface area contributed by atoms with Crippen molar-refractivity contribution in [3.63, 3.8) is 0 Å². The Morgan fingerprint density at radius 1 is 1.20 bits per heavy atom. The van der Waals surface area contributed by atoms with Crippen molar-refractivity contribution >= 4 is 5.69 Å². The predicted octanol–water partition coefficient (Wildman–Crippen LogP) is 3.67. The molecule has 0 bridgehead atoms. The van der Waals surface area contributed by atoms with E-state index in [0.717, 1.165) is 22.8 Å². The van der Waals surface area contributed by atoms with Gasteiger partial charge in [0.1, 0.15) is 5.75 Å². The summed E-state index contributed by atoms with van der Waals surface area (Å²) in [6.07, 6.45) is 3.43. The summed E-state index contributed by atoms with van der Waals surface area (Å²) in [7, 11) is 0. The molecule has 0 amide bonds. The van der Waals surface area contributed by atoms with Crippen LogP contribution in [0.2, 0.25) is 0 Å². The molecule has 0 radical (unpaired) electrons. The number of aryl methyl sites for hydroxylation is 2. The second kappa shape index (κ2) is 6.37. The third-order valence-electron chi connectivity index (χ3n) is 3.14. The van der Waals surface area contributed by atoms with Crippen LogP contribution in [-0.2, 0) is 0 Å². The lowest BCUT2D eigenvalue weighted by atomic mass is 10.1. The zero-order valence-corrected chi connectivity index (χ0v) is 12.5. The average molecular weight is 271 g/mol. The average Bonchev–Trinajstić information content (AvgIpc) is 2.42. The Labute approximate surface area is 120 Å². The van der Waals surface area contributed by atoms with Crippen LogP contribution in [0.25, 0.3) is 0 Å². The molecule has 106 valence electrons. The molecule has 1 N–H and O–H groups in total. The van der Waals surface area contributed by atoms with E-state index in [1.165, 1.54) is 5.56 Å². The number of ether oxygens (including phenoxy) is 1. The maximum absolute atomic E-state index is 5.69. The van der Waals surface area contributed by atoms with E-state index >= 15 is 0 Å². The monoisotopic (exact) mass is 271 g/mol. The molecule has 1 aromatic heterocycles. The molecule has 0 saturated carbocycles. The molecule has 0 spiro atoms. The van der Waals surface area contributed by atoms with Crippen LogP contribution in [0.4, 0.5) is 5.69 Å². The van der Waals surface area contributed by atoms with Gasteiger partial charge in [0.25, 0.3) is 0 Å². The summed E-state index contributed by atoms with van der Waals surface area (Å²) in [5.41, 5.74) is 4.06. The molecule has 2 rings (SSSR count). The smallest absolute Gasteiger partial charge is 0.142 e. The minimum atomic E-state index is 0.0746. The summed E-state index contributed by atoms with van der Waals surface area (Å²) in [5, 5.41) is 3.45. The second-order valence-electron chi connectivity index (χ2n) is 4.83. The van der Waals surface area contributed by atoms with Gasteiger partial charge >= 0.3 is 0 Å². The first-order valence-corrected chi connectivity index (χ1v) is 6.89. The van der Waals surface area contributed by atoms with Crippen molar-refractivity contribution in [1.29, 1.82) is 0 Å². The fraction of sp³-hybridized carbons (Fsp3) is 0.375. The minimum Gasteiger partial charge on any atom is -0.492 e. The largest absolute Gasteiger partial charge is 0.492 e. The number of anilines is 1. The molecule has 0 aliphatic heterocycles. The SMILES string of the molecule is CCOc1cc(C)ccc1NC(C)c1nccnc1C. The van der Waals surface area contributed by atoms with E-state index in [1.807, 2.05) is 26.0 Å². The maximum atomic E-state index is 5.69. The lowest BCUT2D eigenvalue weighted by Gasteiger charge is -2.19. The van der Waals surface area contributed by atoms with Crippen LogP contribution in [0.15, 0.2) is 30.6 Å². The maximum Gasteiger partial charge on any atom is 0.142 e. The Morgan fingerprint density at radius 2 is 1.95 bits per heavy atom. The Hall–Kier alpha value is -2.10. The Balaban J connectivity index is 2.23. The summed E-state index contributed by atoms with van der Waals surface area (Å²) in [5.74, 6) is 0.876. The lowest BCUT2D eigenvalue weighted by molar-refractivity contribution is 0.341. The fourth-order valence-electron chi connectivity index (χ4n) is 2.17. The van der Waals surface area contributed by atoms with Gasteiger partial charge in [-0.25, -0.2) is 0 Å². The van der Waals surface area contributed by atoms with Crippen molar-refractivity contribution in [1.82, 2.24) is 9.97 Å². The number of hydrogen-bond donors (Lipinski definition) is 1. The number of nitrogens with zero attached hydrogens (tertiary/aromatic N) is 2. The molecule has 1 heterocycles. The summed E-state index contributed by atoms with van der Waals surface area (Å²) < 4.78 is 5.69. The quantitative estimate of drug-likeness (QED) is 0.901. The van der Waals surface area contributed by atoms with Crippen molar-refractivity contribution in [2.75, 3.05) is 11.9 Å². The molecule has 0 aliphatic rings. The van der Waals surface area contributed by atoms with Gasteiger partial charge in [-0.1, -0.05) is 6.07 Å². The van der Waals surface area contributed by atoms with E-state index < -0.39 is 0 Å². The molecular weight excluding hydrogens is 250 g/mol. The number of rotatable bonds is 5. The van der Waals surface area contributed by atoms with Crippen molar-refractivity contribution in [3.05, 3.63) is 47.5 Å². The van der Waals surface area contributed by atoms with Gasteiger partial charge in [-0.15, -0.1) is 0 Å². The van der Waals surface area contributed by atoms with E-state index in [2.05, 4.69) is 35.2 Å². The Kier molecular flexibility index (Phi) is 4.56. The Bertz CT molecular complexity index is 584. The van der Waals surface area contributed by atoms with Crippen LogP contribution >= 0.6 is 0 Å². The highest BCUT2D eigenvalue weighted by Gasteiger charge is 2.13. The first kappa shape index (κ1) is 14.3. The van der Waals surface area contributed by atoms with Crippen LogP contribution in [0, 0.1) is 13.8 Å². The van der Waals surface area contributed by atoms with Gasteiger partial charge in [0, 0.05) is 12.4 Å². The molecule has 1 atom stereocenters. The molecule has 20 heavy (non-hydrogen) atoms. The van der Waals surface area contributed by atoms with Crippen molar-refractivity contribution in [2.45, 2.75) is 33.7 Å². The van der Waals surface area contributed by atoms with E-state index in [9.17, 15) is 0 Å². The number of nitrogens with one attached hydrogen (secondary N) is 1. The predicted molar refractivity (Wildman–Crippen MR) is 81.2 cm³/mol. The molecule has 4 nitrogen and oxygen atoms in total. The number of aromatic nitrogens is 2. The molecule has 4 heteroatoms. The third-order valence-corrected chi connectivity index (χ3v) is 3.14. The van der Waals surface area contributed by atoms with Gasteiger partial charge in [-0.3, -0.25) is 9.97 Å². The van der Waals surface area contributed by atoms with Crippen molar-refractivity contribution in [2.24, 2.45) is 0 Å². The topological polar surface area (TPSA) is 47.0 Å². The van der Waals surface area contributed by atoms with E-state index in [4.69, 9.17) is 4.74 Å². The molecule has 0 fully saturated rings. The molecule has 2 aromatic rings. The lowest BCUT2D eigenvalue weighted by Crippen LogP contribution is -2.12. The molecule has 1 unspecified atom stereocenters. The van der Waals surface area contributed by atoms with Gasteiger partial charge in [-0.05, 0) is 45.4 Å². The normalized spacial score (nSPS) is 12.0. The zero-order valence-electron chi connectivity index (χ0n) is 12.5. The minimum absolute atomic E-state index is 0.0746.